The molecule has 16 nitrogen and oxygen atoms in total. The molecular formula is C32H24F6N16Pt. The Morgan fingerprint density at radius 3 is 1.40 bits per heavy atom. The first-order chi connectivity index (χ1) is 25.9. The number of H-pyrrole nitrogens is 2. The van der Waals surface area contributed by atoms with E-state index < -0.39 is 24.0 Å². The average molecular weight is 942 g/mol. The van der Waals surface area contributed by atoms with E-state index in [1.807, 2.05) is 41.5 Å². The van der Waals surface area contributed by atoms with Gasteiger partial charge >= 0.3 is 33.4 Å². The van der Waals surface area contributed by atoms with Gasteiger partial charge in [0.15, 0.2) is 11.6 Å². The number of pyridine rings is 4. The fourth-order valence-corrected chi connectivity index (χ4v) is 3.85. The second-order valence-electron chi connectivity index (χ2n) is 10.3. The van der Waals surface area contributed by atoms with Gasteiger partial charge in [0.2, 0.25) is 5.82 Å². The first-order valence-corrected chi connectivity index (χ1v) is 15.2. The van der Waals surface area contributed by atoms with E-state index >= 15 is 0 Å². The van der Waals surface area contributed by atoms with E-state index in [0.29, 0.717) is 28.9 Å². The second-order valence-corrected chi connectivity index (χ2v) is 10.3. The van der Waals surface area contributed by atoms with Gasteiger partial charge in [-0.05, 0) is 74.0 Å². The monoisotopic (exact) mass is 941 g/mol. The summed E-state index contributed by atoms with van der Waals surface area (Å²) in [6.07, 6.45) is -2.22. The predicted molar refractivity (Wildman–Crippen MR) is 176 cm³/mol. The molecule has 0 unspecified atom stereocenters. The molecule has 0 aliphatic carbocycles. The van der Waals surface area contributed by atoms with Crippen LogP contribution in [-0.4, -0.2) is 70.5 Å². The number of hydrogen-bond donors (Lipinski definition) is 2. The minimum absolute atomic E-state index is 0. The van der Waals surface area contributed by atoms with Crippen LogP contribution in [0, 0.1) is 13.8 Å². The summed E-state index contributed by atoms with van der Waals surface area (Å²) in [5.74, 6) is -1.11. The van der Waals surface area contributed by atoms with Crippen LogP contribution in [-0.2, 0) is 33.4 Å². The van der Waals surface area contributed by atoms with Crippen molar-refractivity contribution in [3.8, 4) is 46.1 Å². The van der Waals surface area contributed by atoms with Crippen LogP contribution in [0.4, 0.5) is 26.3 Å². The van der Waals surface area contributed by atoms with Gasteiger partial charge in [-0.15, -0.1) is 0 Å². The SMILES string of the molecule is Cc1n[n-]c(-c2cccc(-c3nc(C(F)(F)F)n[n-]3)n2)n1.Cc1nc(-c2cccc(-c3n[nH]c(C(F)(F)F)n3)n2)n[nH]1.[Pt+2].c1ccncc1.c1ccncc1. The van der Waals surface area contributed by atoms with E-state index in [-0.39, 0.29) is 49.9 Å². The van der Waals surface area contributed by atoms with Crippen molar-refractivity contribution in [3.05, 3.63) is 121 Å². The Morgan fingerprint density at radius 1 is 0.509 bits per heavy atom. The second kappa shape index (κ2) is 19.0. The number of rotatable bonds is 4. The summed E-state index contributed by atoms with van der Waals surface area (Å²) in [7, 11) is 0. The summed E-state index contributed by atoms with van der Waals surface area (Å²) < 4.78 is 74.8. The standard InChI is InChI=1S/C11H8F3N7.C11H6F3N7.2C5H5N.Pt/c2*1-5-15-8(19-18-5)6-3-2-4-7(16-6)9-17-10(21-20-9)11(12,13)14;2*1-2-4-6-5-3-1;/h2-4H,1H3,(H,15,18,19)(H,17,20,21);2-4H,1H3;2*1-5H;/q;-2;;;+2. The minimum Gasteiger partial charge on any atom is -0.421 e. The molecular weight excluding hydrogens is 918 g/mol. The summed E-state index contributed by atoms with van der Waals surface area (Å²) in [5, 5.41) is 25.9. The molecule has 8 rings (SSSR count). The van der Waals surface area contributed by atoms with Crippen molar-refractivity contribution in [1.82, 2.24) is 80.7 Å². The summed E-state index contributed by atoms with van der Waals surface area (Å²) in [6.45, 7) is 3.39. The first-order valence-electron chi connectivity index (χ1n) is 15.2. The van der Waals surface area contributed by atoms with Gasteiger partial charge < -0.3 is 20.2 Å². The van der Waals surface area contributed by atoms with Gasteiger partial charge in [0.1, 0.15) is 23.0 Å². The van der Waals surface area contributed by atoms with E-state index in [1.165, 1.54) is 12.1 Å². The van der Waals surface area contributed by atoms with Crippen LogP contribution in [0.25, 0.3) is 46.1 Å². The molecule has 8 aromatic heterocycles. The van der Waals surface area contributed by atoms with Crippen LogP contribution >= 0.6 is 0 Å². The number of alkyl halides is 6. The normalized spacial score (nSPS) is 10.8. The average Bonchev–Trinajstić information content (AvgIpc) is 4.02. The van der Waals surface area contributed by atoms with Crippen LogP contribution in [0.1, 0.15) is 23.3 Å². The van der Waals surface area contributed by atoms with E-state index in [0.717, 1.165) is 0 Å². The van der Waals surface area contributed by atoms with E-state index in [2.05, 4.69) is 75.6 Å². The molecule has 0 saturated heterocycles. The number of halogens is 6. The smallest absolute Gasteiger partial charge is 0.421 e. The molecule has 0 aliphatic heterocycles. The molecule has 0 fully saturated rings. The third kappa shape index (κ3) is 12.2. The van der Waals surface area contributed by atoms with Crippen LogP contribution < -0.4 is 10.2 Å². The molecule has 0 radical (unpaired) electrons. The molecule has 284 valence electrons. The Bertz CT molecular complexity index is 2110. The van der Waals surface area contributed by atoms with Crippen molar-refractivity contribution in [2.45, 2.75) is 26.2 Å². The number of hydrogen-bond acceptors (Lipinski definition) is 12. The van der Waals surface area contributed by atoms with Crippen molar-refractivity contribution < 1.29 is 47.4 Å². The number of aromatic nitrogens is 16. The molecule has 55 heavy (non-hydrogen) atoms. The molecule has 0 spiro atoms. The number of nitrogens with zero attached hydrogens (tertiary/aromatic N) is 14. The maximum absolute atomic E-state index is 12.5. The van der Waals surface area contributed by atoms with E-state index in [4.69, 9.17) is 0 Å². The van der Waals surface area contributed by atoms with Gasteiger partial charge in [0.05, 0.1) is 11.4 Å². The van der Waals surface area contributed by atoms with E-state index in [9.17, 15) is 26.3 Å². The van der Waals surface area contributed by atoms with Crippen molar-refractivity contribution in [1.29, 1.82) is 0 Å². The topological polar surface area (TPSA) is 214 Å². The Labute approximate surface area is 320 Å². The van der Waals surface area contributed by atoms with Gasteiger partial charge in [-0.3, -0.25) is 30.4 Å². The van der Waals surface area contributed by atoms with E-state index in [1.54, 1.807) is 62.9 Å². The van der Waals surface area contributed by atoms with Crippen LogP contribution in [0.5, 0.6) is 0 Å². The first kappa shape index (κ1) is 41.2. The van der Waals surface area contributed by atoms with Gasteiger partial charge in [0, 0.05) is 30.6 Å². The third-order valence-electron chi connectivity index (χ3n) is 6.16. The molecule has 0 amide bonds. The maximum atomic E-state index is 12.5. The van der Waals surface area contributed by atoms with Crippen LogP contribution in [0.3, 0.4) is 0 Å². The van der Waals surface area contributed by atoms with Crippen molar-refractivity contribution in [2.75, 3.05) is 0 Å². The molecule has 0 atom stereocenters. The molecule has 2 N–H and O–H groups in total. The number of nitrogens with one attached hydrogen (secondary N) is 2. The molecule has 23 heteroatoms. The zero-order valence-corrected chi connectivity index (χ0v) is 30.4. The molecule has 0 bridgehead atoms. The van der Waals surface area contributed by atoms with Crippen molar-refractivity contribution >= 4 is 0 Å². The fraction of sp³-hybridized carbons (Fsp3) is 0.125. The molecule has 0 aromatic carbocycles. The Morgan fingerprint density at radius 2 is 1.00 bits per heavy atom. The minimum atomic E-state index is -4.64. The number of aryl methyl sites for hydroxylation is 2. The van der Waals surface area contributed by atoms with Gasteiger partial charge in [-0.2, -0.15) is 36.5 Å². The zero-order chi connectivity index (χ0) is 38.6. The quantitative estimate of drug-likeness (QED) is 0.212. The molecule has 0 aliphatic rings. The Hall–Kier alpha value is -6.57. The van der Waals surface area contributed by atoms with Crippen molar-refractivity contribution in [2.24, 2.45) is 0 Å². The van der Waals surface area contributed by atoms with Gasteiger partial charge in [-0.25, -0.2) is 19.9 Å². The van der Waals surface area contributed by atoms with Gasteiger partial charge in [-0.1, -0.05) is 24.3 Å². The zero-order valence-electron chi connectivity index (χ0n) is 28.1. The third-order valence-corrected chi connectivity index (χ3v) is 6.16. The summed E-state index contributed by atoms with van der Waals surface area (Å²) in [6, 6.07) is 20.9. The van der Waals surface area contributed by atoms with Crippen LogP contribution in [0.2, 0.25) is 0 Å². The number of aromatic amines is 2. The Balaban J connectivity index is 0.000000185. The van der Waals surface area contributed by atoms with Crippen LogP contribution in [0.15, 0.2) is 97.6 Å². The Kier molecular flexibility index (Phi) is 14.2. The summed E-state index contributed by atoms with van der Waals surface area (Å²) >= 11 is 0. The molecule has 0 saturated carbocycles. The summed E-state index contributed by atoms with van der Waals surface area (Å²) in [5.41, 5.74) is 1.13. The molecule has 8 heterocycles. The fourth-order valence-electron chi connectivity index (χ4n) is 3.85. The molecule has 8 aromatic rings. The van der Waals surface area contributed by atoms with Crippen molar-refractivity contribution in [3.63, 3.8) is 0 Å². The largest absolute Gasteiger partial charge is 2.00 e. The van der Waals surface area contributed by atoms with Gasteiger partial charge in [0.25, 0.3) is 0 Å². The predicted octanol–water partition coefficient (Wildman–Crippen LogP) is 5.38. The summed E-state index contributed by atoms with van der Waals surface area (Å²) in [4.78, 5) is 30.7. The maximum Gasteiger partial charge on any atom is 2.00 e.